The van der Waals surface area contributed by atoms with E-state index in [-0.39, 0.29) is 21.8 Å². The Morgan fingerprint density at radius 3 is 2.68 bits per heavy atom. The van der Waals surface area contributed by atoms with E-state index < -0.39 is 24.2 Å². The van der Waals surface area contributed by atoms with E-state index in [2.05, 4.69) is 4.74 Å². The molecule has 0 saturated heterocycles. The van der Waals surface area contributed by atoms with Gasteiger partial charge in [0.1, 0.15) is 18.4 Å². The number of nitrogens with zero attached hydrogens (tertiary/aromatic N) is 2. The topological polar surface area (TPSA) is 96.4 Å². The maximum atomic E-state index is 13.4. The quantitative estimate of drug-likeness (QED) is 0.667. The van der Waals surface area contributed by atoms with Gasteiger partial charge < -0.3 is 10.5 Å². The standard InChI is InChI=1S/C17H13ClFN3O3/c1-25-16(23)9-22(15-5-2-11(19)6-10(15)8-20)17(24)13-7-12(21)3-4-14(13)18/h2-7H,9,21H2,1H3. The van der Waals surface area contributed by atoms with Gasteiger partial charge in [0.05, 0.1) is 28.9 Å². The van der Waals surface area contributed by atoms with Gasteiger partial charge in [0, 0.05) is 5.69 Å². The number of nitrogens with two attached hydrogens (primary N) is 1. The number of rotatable bonds is 4. The molecule has 2 aromatic rings. The van der Waals surface area contributed by atoms with Gasteiger partial charge in [0.2, 0.25) is 0 Å². The van der Waals surface area contributed by atoms with Crippen LogP contribution in [-0.2, 0) is 9.53 Å². The van der Waals surface area contributed by atoms with Gasteiger partial charge in [-0.3, -0.25) is 14.5 Å². The van der Waals surface area contributed by atoms with Gasteiger partial charge in [0.25, 0.3) is 5.91 Å². The SMILES string of the molecule is COC(=O)CN(C(=O)c1cc(N)ccc1Cl)c1ccc(F)cc1C#N. The number of hydrogen-bond acceptors (Lipinski definition) is 5. The molecule has 2 N–H and O–H groups in total. The number of halogens is 2. The lowest BCUT2D eigenvalue weighted by Crippen LogP contribution is -2.37. The van der Waals surface area contributed by atoms with Crippen LogP contribution < -0.4 is 10.6 Å². The molecule has 0 unspecified atom stereocenters. The number of nitriles is 1. The van der Waals surface area contributed by atoms with Gasteiger partial charge in [-0.25, -0.2) is 4.39 Å². The molecule has 0 spiro atoms. The summed E-state index contributed by atoms with van der Waals surface area (Å²) in [6.07, 6.45) is 0. The monoisotopic (exact) mass is 361 g/mol. The first kappa shape index (κ1) is 18.2. The number of methoxy groups -OCH3 is 1. The average molecular weight is 362 g/mol. The Morgan fingerprint density at radius 2 is 2.04 bits per heavy atom. The van der Waals surface area contributed by atoms with Gasteiger partial charge in [-0.1, -0.05) is 11.6 Å². The molecule has 0 heterocycles. The van der Waals surface area contributed by atoms with Crippen LogP contribution in [-0.4, -0.2) is 25.5 Å². The van der Waals surface area contributed by atoms with Crippen molar-refractivity contribution in [2.75, 3.05) is 24.3 Å². The number of anilines is 2. The summed E-state index contributed by atoms with van der Waals surface area (Å²) in [5.41, 5.74) is 5.96. The molecule has 0 aliphatic carbocycles. The number of carbonyl (C=O) groups is 2. The van der Waals surface area contributed by atoms with Crippen LogP contribution in [0.25, 0.3) is 0 Å². The summed E-state index contributed by atoms with van der Waals surface area (Å²) in [4.78, 5) is 25.6. The van der Waals surface area contributed by atoms with E-state index in [1.165, 1.54) is 24.3 Å². The second-order valence-corrected chi connectivity index (χ2v) is 5.39. The number of nitrogen functional groups attached to an aromatic ring is 1. The first-order chi connectivity index (χ1) is 11.9. The van der Waals surface area contributed by atoms with Crippen LogP contribution >= 0.6 is 11.6 Å². The molecule has 128 valence electrons. The zero-order valence-electron chi connectivity index (χ0n) is 13.1. The Morgan fingerprint density at radius 1 is 1.32 bits per heavy atom. The largest absolute Gasteiger partial charge is 0.468 e. The van der Waals surface area contributed by atoms with Crippen molar-refractivity contribution in [3.05, 3.63) is 58.4 Å². The fourth-order valence-electron chi connectivity index (χ4n) is 2.15. The number of benzene rings is 2. The van der Waals surface area contributed by atoms with E-state index in [4.69, 9.17) is 17.3 Å². The molecule has 8 heteroatoms. The summed E-state index contributed by atoms with van der Waals surface area (Å²) in [7, 11) is 1.16. The van der Waals surface area contributed by atoms with Gasteiger partial charge in [0.15, 0.2) is 0 Å². The maximum absolute atomic E-state index is 13.4. The highest BCUT2D eigenvalue weighted by molar-refractivity contribution is 6.34. The number of carbonyl (C=O) groups excluding carboxylic acids is 2. The van der Waals surface area contributed by atoms with E-state index in [0.717, 1.165) is 24.1 Å². The number of amides is 1. The molecular weight excluding hydrogens is 349 g/mol. The molecule has 0 aliphatic rings. The Hall–Kier alpha value is -3.11. The fraction of sp³-hybridized carbons (Fsp3) is 0.118. The highest BCUT2D eigenvalue weighted by Gasteiger charge is 2.25. The second-order valence-electron chi connectivity index (χ2n) is 4.98. The predicted octanol–water partition coefficient (Wildman–Crippen LogP) is 2.75. The Balaban J connectivity index is 2.57. The zero-order valence-corrected chi connectivity index (χ0v) is 13.9. The molecule has 0 fully saturated rings. The third-order valence-electron chi connectivity index (χ3n) is 3.35. The normalized spacial score (nSPS) is 10.0. The molecule has 0 bridgehead atoms. The van der Waals surface area contributed by atoms with E-state index in [1.807, 2.05) is 0 Å². The fourth-order valence-corrected chi connectivity index (χ4v) is 2.34. The number of ether oxygens (including phenoxy) is 1. The summed E-state index contributed by atoms with van der Waals surface area (Å²) in [5, 5.41) is 9.34. The summed E-state index contributed by atoms with van der Waals surface area (Å²) < 4.78 is 18.0. The minimum Gasteiger partial charge on any atom is -0.468 e. The lowest BCUT2D eigenvalue weighted by Gasteiger charge is -2.23. The van der Waals surface area contributed by atoms with Crippen LogP contribution in [0.2, 0.25) is 5.02 Å². The molecule has 0 radical (unpaired) electrons. The van der Waals surface area contributed by atoms with Crippen molar-refractivity contribution in [3.8, 4) is 6.07 Å². The molecule has 1 amide bonds. The van der Waals surface area contributed by atoms with Crippen molar-refractivity contribution in [1.29, 1.82) is 5.26 Å². The van der Waals surface area contributed by atoms with Gasteiger partial charge in [-0.15, -0.1) is 0 Å². The molecule has 2 rings (SSSR count). The van der Waals surface area contributed by atoms with Crippen LogP contribution in [0.15, 0.2) is 36.4 Å². The zero-order chi connectivity index (χ0) is 18.6. The third kappa shape index (κ3) is 4.05. The number of hydrogen-bond donors (Lipinski definition) is 1. The molecule has 0 aromatic heterocycles. The first-order valence-electron chi connectivity index (χ1n) is 7.00. The van der Waals surface area contributed by atoms with E-state index in [9.17, 15) is 19.2 Å². The Kier molecular flexibility index (Phi) is 5.57. The molecule has 2 aromatic carbocycles. The number of esters is 1. The Bertz CT molecular complexity index is 880. The van der Waals surface area contributed by atoms with Crippen molar-refractivity contribution in [2.45, 2.75) is 0 Å². The van der Waals surface area contributed by atoms with Crippen LogP contribution in [0.3, 0.4) is 0 Å². The second kappa shape index (κ2) is 7.64. The highest BCUT2D eigenvalue weighted by atomic mass is 35.5. The van der Waals surface area contributed by atoms with Crippen molar-refractivity contribution >= 4 is 34.9 Å². The van der Waals surface area contributed by atoms with Gasteiger partial charge >= 0.3 is 5.97 Å². The van der Waals surface area contributed by atoms with Crippen molar-refractivity contribution in [1.82, 2.24) is 0 Å². The Labute approximate surface area is 148 Å². The summed E-state index contributed by atoms with van der Waals surface area (Å²) >= 11 is 6.05. The smallest absolute Gasteiger partial charge is 0.325 e. The molecule has 0 atom stereocenters. The molecule has 6 nitrogen and oxygen atoms in total. The molecular formula is C17H13ClFN3O3. The predicted molar refractivity (Wildman–Crippen MR) is 90.7 cm³/mol. The average Bonchev–Trinajstić information content (AvgIpc) is 2.61. The van der Waals surface area contributed by atoms with Crippen molar-refractivity contribution in [2.24, 2.45) is 0 Å². The highest BCUT2D eigenvalue weighted by Crippen LogP contribution is 2.26. The summed E-state index contributed by atoms with van der Waals surface area (Å²) in [5.74, 6) is -2.04. The first-order valence-corrected chi connectivity index (χ1v) is 7.38. The van der Waals surface area contributed by atoms with Crippen LogP contribution in [0.1, 0.15) is 15.9 Å². The lowest BCUT2D eigenvalue weighted by atomic mass is 10.1. The minimum absolute atomic E-state index is 0.0405. The molecule has 0 saturated carbocycles. The van der Waals surface area contributed by atoms with Crippen LogP contribution in [0, 0.1) is 17.1 Å². The molecule has 25 heavy (non-hydrogen) atoms. The van der Waals surface area contributed by atoms with E-state index in [0.29, 0.717) is 5.69 Å². The summed E-state index contributed by atoms with van der Waals surface area (Å²) in [6, 6.07) is 9.38. The lowest BCUT2D eigenvalue weighted by molar-refractivity contribution is -0.138. The van der Waals surface area contributed by atoms with Crippen molar-refractivity contribution in [3.63, 3.8) is 0 Å². The van der Waals surface area contributed by atoms with Gasteiger partial charge in [-0.2, -0.15) is 5.26 Å². The van der Waals surface area contributed by atoms with Gasteiger partial charge in [-0.05, 0) is 36.4 Å². The van der Waals surface area contributed by atoms with E-state index >= 15 is 0 Å². The third-order valence-corrected chi connectivity index (χ3v) is 3.68. The molecule has 0 aliphatic heterocycles. The van der Waals surface area contributed by atoms with Crippen LogP contribution in [0.5, 0.6) is 0 Å². The maximum Gasteiger partial charge on any atom is 0.325 e. The minimum atomic E-state index is -0.721. The van der Waals surface area contributed by atoms with E-state index in [1.54, 1.807) is 6.07 Å². The van der Waals surface area contributed by atoms with Crippen LogP contribution in [0.4, 0.5) is 15.8 Å². The van der Waals surface area contributed by atoms with Crippen molar-refractivity contribution < 1.29 is 18.7 Å². The summed E-state index contributed by atoms with van der Waals surface area (Å²) in [6.45, 7) is -0.485.